The van der Waals surface area contributed by atoms with Gasteiger partial charge < -0.3 is 14.6 Å². The molecule has 0 heterocycles. The van der Waals surface area contributed by atoms with Crippen molar-refractivity contribution in [3.63, 3.8) is 0 Å². The SMILES string of the molecule is COc1ccc(Oc2ccc(C(=O)O)cc2F)cc1. The van der Waals surface area contributed by atoms with Crippen LogP contribution in [-0.4, -0.2) is 18.2 Å². The highest BCUT2D eigenvalue weighted by atomic mass is 19.1. The third-order valence-corrected chi connectivity index (χ3v) is 2.47. The Morgan fingerprint density at radius 1 is 1.11 bits per heavy atom. The normalized spacial score (nSPS) is 10.0. The standard InChI is InChI=1S/C14H11FO4/c1-18-10-3-5-11(6-4-10)19-13-7-2-9(14(16)17)8-12(13)15/h2-8H,1H3,(H,16,17). The summed E-state index contributed by atoms with van der Waals surface area (Å²) in [5.41, 5.74) is -0.125. The molecule has 2 aromatic rings. The molecule has 1 N–H and O–H groups in total. The number of carboxylic acid groups (broad SMARTS) is 1. The van der Waals surface area contributed by atoms with E-state index in [4.69, 9.17) is 14.6 Å². The first kappa shape index (κ1) is 12.9. The maximum atomic E-state index is 13.6. The fourth-order valence-electron chi connectivity index (χ4n) is 1.49. The second kappa shape index (κ2) is 5.39. The number of rotatable bonds is 4. The van der Waals surface area contributed by atoms with E-state index in [1.54, 1.807) is 31.4 Å². The van der Waals surface area contributed by atoms with Crippen molar-refractivity contribution >= 4 is 5.97 Å². The third kappa shape index (κ3) is 3.01. The highest BCUT2D eigenvalue weighted by Gasteiger charge is 2.10. The van der Waals surface area contributed by atoms with Gasteiger partial charge >= 0.3 is 5.97 Å². The Morgan fingerprint density at radius 3 is 2.26 bits per heavy atom. The number of methoxy groups -OCH3 is 1. The van der Waals surface area contributed by atoms with Gasteiger partial charge in [-0.3, -0.25) is 0 Å². The van der Waals surface area contributed by atoms with Crippen molar-refractivity contribution in [3.8, 4) is 17.2 Å². The Bertz CT molecular complexity index is 593. The molecule has 2 aromatic carbocycles. The van der Waals surface area contributed by atoms with Crippen LogP contribution in [0.1, 0.15) is 10.4 Å². The monoisotopic (exact) mass is 262 g/mol. The predicted molar refractivity (Wildman–Crippen MR) is 66.4 cm³/mol. The maximum absolute atomic E-state index is 13.6. The first-order valence-corrected chi connectivity index (χ1v) is 5.45. The molecule has 2 rings (SSSR count). The zero-order valence-electron chi connectivity index (χ0n) is 10.1. The van der Waals surface area contributed by atoms with Gasteiger partial charge in [0.05, 0.1) is 12.7 Å². The van der Waals surface area contributed by atoms with Gasteiger partial charge in [-0.2, -0.15) is 0 Å². The van der Waals surface area contributed by atoms with Crippen molar-refractivity contribution in [1.82, 2.24) is 0 Å². The van der Waals surface area contributed by atoms with Crippen LogP contribution in [0.5, 0.6) is 17.2 Å². The smallest absolute Gasteiger partial charge is 0.335 e. The van der Waals surface area contributed by atoms with E-state index in [0.717, 1.165) is 6.07 Å². The Kier molecular flexibility index (Phi) is 3.66. The Labute approximate surface area is 109 Å². The molecule has 0 aliphatic heterocycles. The van der Waals surface area contributed by atoms with Crippen molar-refractivity contribution in [2.24, 2.45) is 0 Å². The van der Waals surface area contributed by atoms with E-state index in [-0.39, 0.29) is 11.3 Å². The summed E-state index contributed by atoms with van der Waals surface area (Å²) in [6, 6.07) is 10.1. The summed E-state index contributed by atoms with van der Waals surface area (Å²) in [4.78, 5) is 10.7. The average Bonchev–Trinajstić information content (AvgIpc) is 2.41. The van der Waals surface area contributed by atoms with Crippen LogP contribution in [-0.2, 0) is 0 Å². The lowest BCUT2D eigenvalue weighted by Crippen LogP contribution is -1.98. The van der Waals surface area contributed by atoms with E-state index in [9.17, 15) is 9.18 Å². The summed E-state index contributed by atoms with van der Waals surface area (Å²) in [5.74, 6) is -0.849. The molecule has 0 unspecified atom stereocenters. The van der Waals surface area contributed by atoms with Crippen molar-refractivity contribution < 1.29 is 23.8 Å². The van der Waals surface area contributed by atoms with Crippen LogP contribution in [0.4, 0.5) is 4.39 Å². The average molecular weight is 262 g/mol. The van der Waals surface area contributed by atoms with Crippen LogP contribution < -0.4 is 9.47 Å². The number of aromatic carboxylic acids is 1. The van der Waals surface area contributed by atoms with Crippen molar-refractivity contribution in [2.75, 3.05) is 7.11 Å². The molecule has 0 atom stereocenters. The molecule has 0 aliphatic rings. The lowest BCUT2D eigenvalue weighted by atomic mass is 10.2. The van der Waals surface area contributed by atoms with Gasteiger partial charge in [0.25, 0.3) is 0 Å². The van der Waals surface area contributed by atoms with Gasteiger partial charge in [-0.25, -0.2) is 9.18 Å². The van der Waals surface area contributed by atoms with Gasteiger partial charge in [-0.1, -0.05) is 0 Å². The fraction of sp³-hybridized carbons (Fsp3) is 0.0714. The van der Waals surface area contributed by atoms with Crippen LogP contribution in [0.3, 0.4) is 0 Å². The predicted octanol–water partition coefficient (Wildman–Crippen LogP) is 3.32. The van der Waals surface area contributed by atoms with Crippen LogP contribution in [0.15, 0.2) is 42.5 Å². The van der Waals surface area contributed by atoms with Gasteiger partial charge in [0.2, 0.25) is 0 Å². The third-order valence-electron chi connectivity index (χ3n) is 2.47. The minimum atomic E-state index is -1.19. The number of hydrogen-bond acceptors (Lipinski definition) is 3. The second-order valence-electron chi connectivity index (χ2n) is 3.73. The molecule has 19 heavy (non-hydrogen) atoms. The van der Waals surface area contributed by atoms with E-state index in [2.05, 4.69) is 0 Å². The fourth-order valence-corrected chi connectivity index (χ4v) is 1.49. The van der Waals surface area contributed by atoms with E-state index in [0.29, 0.717) is 11.5 Å². The summed E-state index contributed by atoms with van der Waals surface area (Å²) in [7, 11) is 1.54. The van der Waals surface area contributed by atoms with Crippen LogP contribution in [0.25, 0.3) is 0 Å². The number of halogens is 1. The molecule has 0 radical (unpaired) electrons. The molecule has 4 nitrogen and oxygen atoms in total. The minimum absolute atomic E-state index is 0.0323. The Hall–Kier alpha value is -2.56. The molecule has 0 amide bonds. The van der Waals surface area contributed by atoms with Gasteiger partial charge in [0, 0.05) is 0 Å². The molecule has 0 saturated carbocycles. The first-order valence-electron chi connectivity index (χ1n) is 5.45. The molecule has 0 spiro atoms. The summed E-state index contributed by atoms with van der Waals surface area (Å²) < 4.78 is 23.9. The molecule has 0 fully saturated rings. The molecular formula is C14H11FO4. The number of ether oxygens (including phenoxy) is 2. The molecule has 5 heteroatoms. The summed E-state index contributed by atoms with van der Waals surface area (Å²) in [6.07, 6.45) is 0. The van der Waals surface area contributed by atoms with Crippen LogP contribution >= 0.6 is 0 Å². The van der Waals surface area contributed by atoms with Crippen LogP contribution in [0.2, 0.25) is 0 Å². The van der Waals surface area contributed by atoms with Gasteiger partial charge in [0.15, 0.2) is 11.6 Å². The van der Waals surface area contributed by atoms with E-state index >= 15 is 0 Å². The second-order valence-corrected chi connectivity index (χ2v) is 3.73. The Morgan fingerprint density at radius 2 is 1.74 bits per heavy atom. The molecule has 98 valence electrons. The summed E-state index contributed by atoms with van der Waals surface area (Å²) in [5, 5.41) is 8.73. The summed E-state index contributed by atoms with van der Waals surface area (Å²) >= 11 is 0. The highest BCUT2D eigenvalue weighted by molar-refractivity contribution is 5.87. The maximum Gasteiger partial charge on any atom is 0.335 e. The largest absolute Gasteiger partial charge is 0.497 e. The number of benzene rings is 2. The Balaban J connectivity index is 2.20. The van der Waals surface area contributed by atoms with Crippen molar-refractivity contribution in [2.45, 2.75) is 0 Å². The summed E-state index contributed by atoms with van der Waals surface area (Å²) in [6.45, 7) is 0. The lowest BCUT2D eigenvalue weighted by Gasteiger charge is -2.08. The molecule has 0 bridgehead atoms. The molecule has 0 saturated heterocycles. The first-order chi connectivity index (χ1) is 9.10. The van der Waals surface area contributed by atoms with Crippen LogP contribution in [0, 0.1) is 5.82 Å². The van der Waals surface area contributed by atoms with Crippen molar-refractivity contribution in [3.05, 3.63) is 53.8 Å². The number of carbonyl (C=O) groups is 1. The van der Waals surface area contributed by atoms with E-state index in [1.807, 2.05) is 0 Å². The highest BCUT2D eigenvalue weighted by Crippen LogP contribution is 2.26. The minimum Gasteiger partial charge on any atom is -0.497 e. The van der Waals surface area contributed by atoms with Crippen molar-refractivity contribution in [1.29, 1.82) is 0 Å². The van der Waals surface area contributed by atoms with E-state index in [1.165, 1.54) is 12.1 Å². The number of carboxylic acids is 1. The number of hydrogen-bond donors (Lipinski definition) is 1. The van der Waals surface area contributed by atoms with Gasteiger partial charge in [-0.05, 0) is 42.5 Å². The van der Waals surface area contributed by atoms with Gasteiger partial charge in [-0.15, -0.1) is 0 Å². The zero-order valence-corrected chi connectivity index (χ0v) is 10.1. The zero-order chi connectivity index (χ0) is 13.8. The van der Waals surface area contributed by atoms with Gasteiger partial charge in [0.1, 0.15) is 11.5 Å². The quantitative estimate of drug-likeness (QED) is 0.918. The molecule has 0 aromatic heterocycles. The molecular weight excluding hydrogens is 251 g/mol. The molecule has 0 aliphatic carbocycles. The lowest BCUT2D eigenvalue weighted by molar-refractivity contribution is 0.0696. The topological polar surface area (TPSA) is 55.8 Å². The van der Waals surface area contributed by atoms with E-state index < -0.39 is 11.8 Å².